The van der Waals surface area contributed by atoms with Crippen LogP contribution in [0.15, 0.2) is 143 Å². The molecule has 6 rings (SSSR count). The van der Waals surface area contributed by atoms with Crippen LogP contribution in [0.1, 0.15) is 118 Å². The lowest BCUT2D eigenvalue weighted by Gasteiger charge is -2.24. The van der Waals surface area contributed by atoms with Gasteiger partial charge in [-0.15, -0.1) is 0 Å². The predicted octanol–water partition coefficient (Wildman–Crippen LogP) is 9.71. The molecule has 15 heteroatoms. The number of nitrogens with two attached hydrogens (primary N) is 1. The van der Waals surface area contributed by atoms with E-state index in [1.54, 1.807) is 54.7 Å². The summed E-state index contributed by atoms with van der Waals surface area (Å²) in [6, 6.07) is 37.4. The van der Waals surface area contributed by atoms with Crippen molar-refractivity contribution >= 4 is 23.8 Å². The zero-order valence-electron chi connectivity index (χ0n) is 41.7. The molecule has 4 aromatic carbocycles. The second kappa shape index (κ2) is 29.1. The number of benzene rings is 4. The number of nitriles is 2. The van der Waals surface area contributed by atoms with Crippen LogP contribution in [0.4, 0.5) is 0 Å². The number of nitrogens with zero attached hydrogens (tertiary/aromatic N) is 4. The van der Waals surface area contributed by atoms with Crippen molar-refractivity contribution in [3.63, 3.8) is 0 Å². The highest BCUT2D eigenvalue weighted by Crippen LogP contribution is 2.32. The molecule has 1 amide bonds. The summed E-state index contributed by atoms with van der Waals surface area (Å²) in [5, 5.41) is 31.0. The topological polar surface area (TPSA) is 237 Å². The molecule has 0 aliphatic carbocycles. The second-order valence-corrected chi connectivity index (χ2v) is 17.4. The fourth-order valence-electron chi connectivity index (χ4n) is 7.96. The van der Waals surface area contributed by atoms with Crippen molar-refractivity contribution in [1.29, 1.82) is 10.5 Å². The second-order valence-electron chi connectivity index (χ2n) is 17.4. The van der Waals surface area contributed by atoms with Crippen LogP contribution >= 0.6 is 0 Å². The number of carbonyl (C=O) groups excluding carboxylic acids is 3. The smallest absolute Gasteiger partial charge is 0.326 e. The highest BCUT2D eigenvalue weighted by Gasteiger charge is 2.27. The molecule has 0 fully saturated rings. The van der Waals surface area contributed by atoms with E-state index in [1.807, 2.05) is 95.3 Å². The summed E-state index contributed by atoms with van der Waals surface area (Å²) < 4.78 is 12.2. The van der Waals surface area contributed by atoms with Gasteiger partial charge in [-0.25, -0.2) is 4.79 Å². The predicted molar refractivity (Wildman–Crippen MR) is 282 cm³/mol. The number of ether oxygens (including phenoxy) is 2. The maximum atomic E-state index is 13.4. The molecular weight excluding hydrogens is 925 g/mol. The van der Waals surface area contributed by atoms with E-state index in [9.17, 15) is 39.3 Å². The third-order valence-corrected chi connectivity index (χ3v) is 11.8. The van der Waals surface area contributed by atoms with Crippen molar-refractivity contribution in [2.45, 2.75) is 98.3 Å². The molecule has 0 spiro atoms. The van der Waals surface area contributed by atoms with Gasteiger partial charge >= 0.3 is 17.9 Å². The molecule has 0 aliphatic rings. The summed E-state index contributed by atoms with van der Waals surface area (Å²) >= 11 is 0. The molecule has 0 saturated carbocycles. The molecule has 73 heavy (non-hydrogen) atoms. The van der Waals surface area contributed by atoms with Gasteiger partial charge in [-0.1, -0.05) is 107 Å². The van der Waals surface area contributed by atoms with Gasteiger partial charge in [0.1, 0.15) is 12.1 Å². The number of carboxylic acids is 1. The summed E-state index contributed by atoms with van der Waals surface area (Å²) in [7, 11) is 2.63. The summed E-state index contributed by atoms with van der Waals surface area (Å²) in [5.74, 6) is -1.93. The largest absolute Gasteiger partial charge is 0.480 e. The van der Waals surface area contributed by atoms with E-state index in [-0.39, 0.29) is 49.2 Å². The minimum Gasteiger partial charge on any atom is -0.480 e. The van der Waals surface area contributed by atoms with Gasteiger partial charge in [-0.05, 0) is 102 Å². The molecule has 4 N–H and O–H groups in total. The lowest BCUT2D eigenvalue weighted by Crippen LogP contribution is -2.39. The Bertz CT molecular complexity index is 3040. The van der Waals surface area contributed by atoms with E-state index < -0.39 is 36.1 Å². The first-order valence-corrected chi connectivity index (χ1v) is 23.4. The quantitative estimate of drug-likeness (QED) is 0.0724. The van der Waals surface area contributed by atoms with E-state index in [2.05, 4.69) is 22.2 Å². The number of pyridine rings is 2. The maximum absolute atomic E-state index is 13.4. The zero-order valence-corrected chi connectivity index (χ0v) is 41.7. The van der Waals surface area contributed by atoms with Gasteiger partial charge in [0.15, 0.2) is 0 Å². The van der Waals surface area contributed by atoms with Gasteiger partial charge in [0.05, 0.1) is 56.4 Å². The standard InChI is InChI=1S/C28H29N3O4.C18H18N2O2.C11H15NO3.CH4/c1-4-9-25(31-15-8-7-12-26(31)32)28(34)30-24(17-27(33)35-3)20-13-14-21(18-29)23(16-20)22-11-6-5-10-19(22)2;1-12-5-3-4-6-15(12)16-9-13(7-8-14(16)11-19)17(20)10-18(21)22-2;1-8(2)7-9(11(14)15)12-6-4-3-5-10(12)13;/h5-8,10-16,24-25H,4,9,17H2,1-3H3,(H,30,34);3-9,17H,10,20H2,1-2H3;3-6,8-9H,7H2,1-2H3,(H,14,15);1H4/t;;9-;/m..0./s1. The van der Waals surface area contributed by atoms with Crippen LogP contribution in [0, 0.1) is 42.4 Å². The maximum Gasteiger partial charge on any atom is 0.326 e. The van der Waals surface area contributed by atoms with Crippen LogP contribution in [0.25, 0.3) is 22.3 Å². The number of rotatable bonds is 17. The normalized spacial score (nSPS) is 12.0. The fraction of sp³-hybridized carbons (Fsp3) is 0.310. The fourth-order valence-corrected chi connectivity index (χ4v) is 7.96. The molecular formula is C58H66N6O9. The lowest BCUT2D eigenvalue weighted by molar-refractivity contribution is -0.142. The number of aliphatic carboxylic acids is 1. The average molecular weight is 991 g/mol. The Morgan fingerprint density at radius 1 is 0.658 bits per heavy atom. The number of carbonyl (C=O) groups is 4. The number of amides is 1. The third-order valence-electron chi connectivity index (χ3n) is 11.8. The minimum atomic E-state index is -0.961. The molecule has 382 valence electrons. The van der Waals surface area contributed by atoms with Crippen LogP contribution in [0.2, 0.25) is 0 Å². The Balaban J connectivity index is 0.000000316. The van der Waals surface area contributed by atoms with Gasteiger partial charge in [0.25, 0.3) is 11.1 Å². The van der Waals surface area contributed by atoms with Crippen LogP contribution in [-0.4, -0.2) is 52.3 Å². The molecule has 4 atom stereocenters. The monoisotopic (exact) mass is 990 g/mol. The summed E-state index contributed by atoms with van der Waals surface area (Å²) in [6.07, 6.45) is 4.73. The van der Waals surface area contributed by atoms with Crippen molar-refractivity contribution in [1.82, 2.24) is 14.5 Å². The van der Waals surface area contributed by atoms with Crippen molar-refractivity contribution in [2.75, 3.05) is 14.2 Å². The third kappa shape index (κ3) is 16.6. The Morgan fingerprint density at radius 3 is 1.55 bits per heavy atom. The molecule has 0 saturated heterocycles. The number of nitrogens with one attached hydrogen (secondary N) is 1. The number of hydrogen-bond acceptors (Lipinski definition) is 11. The van der Waals surface area contributed by atoms with Gasteiger partial charge < -0.3 is 34.8 Å². The number of esters is 2. The highest BCUT2D eigenvalue weighted by atomic mass is 16.5. The van der Waals surface area contributed by atoms with Crippen molar-refractivity contribution in [2.24, 2.45) is 11.7 Å². The molecule has 2 heterocycles. The van der Waals surface area contributed by atoms with E-state index in [4.69, 9.17) is 15.6 Å². The summed E-state index contributed by atoms with van der Waals surface area (Å²) in [4.78, 5) is 71.9. The first-order chi connectivity index (χ1) is 34.5. The molecule has 0 radical (unpaired) electrons. The number of aromatic nitrogens is 2. The first kappa shape index (κ1) is 58.9. The van der Waals surface area contributed by atoms with Crippen molar-refractivity contribution < 1.29 is 33.8 Å². The summed E-state index contributed by atoms with van der Waals surface area (Å²) in [5.41, 5.74) is 13.6. The Hall–Kier alpha value is -8.40. The zero-order chi connectivity index (χ0) is 52.9. The molecule has 6 aromatic rings. The van der Waals surface area contributed by atoms with Crippen LogP contribution < -0.4 is 22.2 Å². The Morgan fingerprint density at radius 2 is 1.11 bits per heavy atom. The molecule has 2 aromatic heterocycles. The molecule has 3 unspecified atom stereocenters. The van der Waals surface area contributed by atoms with Crippen molar-refractivity contribution in [3.8, 4) is 34.4 Å². The van der Waals surface area contributed by atoms with Crippen molar-refractivity contribution in [3.05, 3.63) is 188 Å². The van der Waals surface area contributed by atoms with Crippen LogP contribution in [0.3, 0.4) is 0 Å². The van der Waals surface area contributed by atoms with Crippen LogP contribution in [-0.2, 0) is 28.7 Å². The number of methoxy groups -OCH3 is 2. The first-order valence-electron chi connectivity index (χ1n) is 23.4. The summed E-state index contributed by atoms with van der Waals surface area (Å²) in [6.45, 7) is 9.77. The number of carboxylic acid groups (broad SMARTS) is 1. The van der Waals surface area contributed by atoms with Crippen LogP contribution in [0.5, 0.6) is 0 Å². The van der Waals surface area contributed by atoms with E-state index in [0.717, 1.165) is 38.9 Å². The Labute approximate surface area is 427 Å². The van der Waals surface area contributed by atoms with E-state index in [0.29, 0.717) is 36.0 Å². The lowest BCUT2D eigenvalue weighted by atomic mass is 9.92. The molecule has 15 nitrogen and oxygen atoms in total. The number of aryl methyl sites for hydroxylation is 2. The van der Waals surface area contributed by atoms with Gasteiger partial charge in [-0.3, -0.25) is 24.0 Å². The van der Waals surface area contributed by atoms with Gasteiger partial charge in [0, 0.05) is 41.7 Å². The van der Waals surface area contributed by atoms with Gasteiger partial charge in [0.2, 0.25) is 5.91 Å². The van der Waals surface area contributed by atoms with Gasteiger partial charge in [-0.2, -0.15) is 10.5 Å². The highest BCUT2D eigenvalue weighted by molar-refractivity contribution is 5.82. The SMILES string of the molecule is C.CC(C)C[C@@H](C(=O)O)n1ccccc1=O.CCCC(C(=O)NC(CC(=O)OC)c1ccc(C#N)c(-c2ccccc2C)c1)n1ccccc1=O.COC(=O)CC(N)c1ccc(C#N)c(-c2ccccc2C)c1. The van der Waals surface area contributed by atoms with E-state index >= 15 is 0 Å². The van der Waals surface area contributed by atoms with E-state index in [1.165, 1.54) is 41.7 Å². The Kier molecular flexibility index (Phi) is 23.5. The molecule has 0 aliphatic heterocycles. The minimum absolute atomic E-state index is 0. The molecule has 0 bridgehead atoms. The number of hydrogen-bond donors (Lipinski definition) is 3. The average Bonchev–Trinajstić information content (AvgIpc) is 3.37.